The Hall–Kier alpha value is -1.47. The molecule has 2 rings (SSSR count). The van der Waals surface area contributed by atoms with E-state index in [1.807, 2.05) is 0 Å². The second-order valence-electron chi connectivity index (χ2n) is 3.45. The van der Waals surface area contributed by atoms with Crippen LogP contribution < -0.4 is 15.0 Å². The van der Waals surface area contributed by atoms with Crippen LogP contribution in [0.3, 0.4) is 0 Å². The number of nitrogens with one attached hydrogen (secondary N) is 1. The van der Waals surface area contributed by atoms with E-state index in [9.17, 15) is 13.2 Å². The van der Waals surface area contributed by atoms with Crippen LogP contribution in [0.2, 0.25) is 0 Å². The van der Waals surface area contributed by atoms with Gasteiger partial charge in [0, 0.05) is 5.56 Å². The van der Waals surface area contributed by atoms with Crippen LogP contribution >= 0.6 is 0 Å². The van der Waals surface area contributed by atoms with Crippen LogP contribution in [-0.2, 0) is 12.7 Å². The minimum Gasteiger partial charge on any atom is -0.486 e. The number of ether oxygens (including phenoxy) is 2. The maximum Gasteiger partial charge on any atom is 0.416 e. The van der Waals surface area contributed by atoms with Crippen LogP contribution in [0.1, 0.15) is 11.1 Å². The lowest BCUT2D eigenvalue weighted by Gasteiger charge is -2.23. The monoisotopic (exact) mass is 249 g/mol. The molecular weight excluding hydrogens is 239 g/mol. The molecule has 0 unspecified atom stereocenters. The van der Waals surface area contributed by atoms with Gasteiger partial charge in [-0.15, -0.1) is 0 Å². The molecule has 7 heteroatoms. The first-order chi connectivity index (χ1) is 8.04. The van der Waals surface area contributed by atoms with Crippen LogP contribution in [0.4, 0.5) is 13.2 Å². The van der Waals surface area contributed by atoms with Gasteiger partial charge in [0.1, 0.15) is 13.2 Å². The highest BCUT2D eigenvalue weighted by Crippen LogP contribution is 2.42. The number of halogens is 3. The van der Waals surface area contributed by atoms with E-state index < -0.39 is 11.7 Å². The predicted molar refractivity (Wildman–Crippen MR) is 51.1 cm³/mol. The van der Waals surface area contributed by atoms with Gasteiger partial charge in [-0.25, -0.2) is 5.48 Å². The lowest BCUT2D eigenvalue weighted by molar-refractivity contribution is -0.138. The van der Waals surface area contributed by atoms with Gasteiger partial charge < -0.3 is 14.7 Å². The molecule has 0 radical (unpaired) electrons. The van der Waals surface area contributed by atoms with E-state index in [0.29, 0.717) is 6.61 Å². The van der Waals surface area contributed by atoms with E-state index >= 15 is 0 Å². The Morgan fingerprint density at radius 2 is 1.94 bits per heavy atom. The van der Waals surface area contributed by atoms with Crippen molar-refractivity contribution in [3.8, 4) is 11.5 Å². The van der Waals surface area contributed by atoms with E-state index in [0.717, 1.165) is 6.07 Å². The Labute approximate surface area is 94.9 Å². The summed E-state index contributed by atoms with van der Waals surface area (Å²) in [5, 5.41) is 8.60. The zero-order valence-electron chi connectivity index (χ0n) is 8.67. The Kier molecular flexibility index (Phi) is 3.12. The lowest BCUT2D eigenvalue weighted by atomic mass is 10.0. The van der Waals surface area contributed by atoms with E-state index in [1.165, 1.54) is 6.07 Å². The molecular formula is C10H10F3NO3. The van der Waals surface area contributed by atoms with Gasteiger partial charge in [-0.1, -0.05) is 0 Å². The maximum atomic E-state index is 12.7. The molecule has 0 atom stereocenters. The Bertz CT molecular complexity index is 420. The summed E-state index contributed by atoms with van der Waals surface area (Å²) in [7, 11) is 0. The highest BCUT2D eigenvalue weighted by Gasteiger charge is 2.36. The quantitative estimate of drug-likeness (QED) is 0.786. The number of alkyl halides is 3. The third kappa shape index (κ3) is 2.29. The van der Waals surface area contributed by atoms with Crippen molar-refractivity contribution in [2.45, 2.75) is 12.7 Å². The summed E-state index contributed by atoms with van der Waals surface area (Å²) in [6.07, 6.45) is -4.50. The summed E-state index contributed by atoms with van der Waals surface area (Å²) in [5.41, 5.74) is 0.712. The van der Waals surface area contributed by atoms with Crippen molar-refractivity contribution >= 4 is 0 Å². The van der Waals surface area contributed by atoms with Gasteiger partial charge in [-0.3, -0.25) is 0 Å². The number of hydrogen-bond donors (Lipinski definition) is 2. The lowest BCUT2D eigenvalue weighted by Crippen LogP contribution is -2.21. The topological polar surface area (TPSA) is 50.7 Å². The van der Waals surface area contributed by atoms with E-state index in [1.54, 1.807) is 5.48 Å². The van der Waals surface area contributed by atoms with Crippen molar-refractivity contribution in [1.82, 2.24) is 5.48 Å². The van der Waals surface area contributed by atoms with E-state index in [2.05, 4.69) is 0 Å². The summed E-state index contributed by atoms with van der Waals surface area (Å²) in [5.74, 6) is 0.294. The number of rotatable bonds is 2. The molecule has 0 fully saturated rings. The van der Waals surface area contributed by atoms with Crippen molar-refractivity contribution < 1.29 is 27.9 Å². The first kappa shape index (κ1) is 12.0. The summed E-state index contributed by atoms with van der Waals surface area (Å²) in [6.45, 7) is 0.123. The van der Waals surface area contributed by atoms with Crippen LogP contribution in [0, 0.1) is 0 Å². The molecule has 1 aliphatic heterocycles. The molecule has 94 valence electrons. The number of fused-ring (bicyclic) bond motifs is 1. The molecule has 17 heavy (non-hydrogen) atoms. The van der Waals surface area contributed by atoms with Crippen LogP contribution in [0.15, 0.2) is 12.1 Å². The molecule has 0 bridgehead atoms. The second-order valence-corrected chi connectivity index (χ2v) is 3.45. The third-order valence-electron chi connectivity index (χ3n) is 2.37. The summed E-state index contributed by atoms with van der Waals surface area (Å²) < 4.78 is 48.6. The molecule has 0 amide bonds. The van der Waals surface area contributed by atoms with Crippen LogP contribution in [0.25, 0.3) is 0 Å². The molecule has 0 saturated heterocycles. The molecule has 0 saturated carbocycles. The summed E-state index contributed by atoms with van der Waals surface area (Å²) >= 11 is 0. The number of hydroxylamine groups is 1. The van der Waals surface area contributed by atoms with Crippen LogP contribution in [0.5, 0.6) is 11.5 Å². The fourth-order valence-corrected chi connectivity index (χ4v) is 1.69. The molecule has 1 aromatic rings. The summed E-state index contributed by atoms with van der Waals surface area (Å²) in [4.78, 5) is 0. The maximum absolute atomic E-state index is 12.7. The Morgan fingerprint density at radius 3 is 2.59 bits per heavy atom. The standard InChI is InChI=1S/C10H10F3NO3/c11-10(12,13)7-1-2-8-9(6(7)5-14-15)17-4-3-16-8/h1-2,14-15H,3-5H2. The fourth-order valence-electron chi connectivity index (χ4n) is 1.69. The van der Waals surface area contributed by atoms with Crippen LogP contribution in [-0.4, -0.2) is 18.4 Å². The average molecular weight is 249 g/mol. The molecule has 0 spiro atoms. The van der Waals surface area contributed by atoms with Gasteiger partial charge in [0.15, 0.2) is 11.5 Å². The van der Waals surface area contributed by atoms with Gasteiger partial charge in [0.25, 0.3) is 0 Å². The molecule has 2 N–H and O–H groups in total. The average Bonchev–Trinajstić information content (AvgIpc) is 2.28. The fraction of sp³-hybridized carbons (Fsp3) is 0.400. The first-order valence-electron chi connectivity index (χ1n) is 4.89. The van der Waals surface area contributed by atoms with E-state index in [4.69, 9.17) is 14.7 Å². The largest absolute Gasteiger partial charge is 0.486 e. The molecule has 0 aliphatic carbocycles. The minimum atomic E-state index is -4.50. The van der Waals surface area contributed by atoms with Crippen molar-refractivity contribution in [3.63, 3.8) is 0 Å². The molecule has 1 aromatic carbocycles. The number of hydrogen-bond acceptors (Lipinski definition) is 4. The van der Waals surface area contributed by atoms with Crippen molar-refractivity contribution in [1.29, 1.82) is 0 Å². The zero-order chi connectivity index (χ0) is 12.5. The predicted octanol–water partition coefficient (Wildman–Crippen LogP) is 1.96. The highest BCUT2D eigenvalue weighted by molar-refractivity contribution is 5.52. The highest BCUT2D eigenvalue weighted by atomic mass is 19.4. The molecule has 4 nitrogen and oxygen atoms in total. The van der Waals surface area contributed by atoms with Gasteiger partial charge in [0.2, 0.25) is 0 Å². The number of benzene rings is 1. The third-order valence-corrected chi connectivity index (χ3v) is 2.37. The van der Waals surface area contributed by atoms with Crippen molar-refractivity contribution in [2.75, 3.05) is 13.2 Å². The van der Waals surface area contributed by atoms with Gasteiger partial charge in [0.05, 0.1) is 12.1 Å². The molecule has 0 aromatic heterocycles. The van der Waals surface area contributed by atoms with Crippen molar-refractivity contribution in [3.05, 3.63) is 23.3 Å². The normalized spacial score (nSPS) is 14.8. The molecule has 1 aliphatic rings. The minimum absolute atomic E-state index is 0.0348. The summed E-state index contributed by atoms with van der Waals surface area (Å²) in [6, 6.07) is 2.14. The zero-order valence-corrected chi connectivity index (χ0v) is 8.67. The van der Waals surface area contributed by atoms with Gasteiger partial charge in [-0.05, 0) is 12.1 Å². The smallest absolute Gasteiger partial charge is 0.416 e. The second kappa shape index (κ2) is 4.42. The first-order valence-corrected chi connectivity index (χ1v) is 4.89. The van der Waals surface area contributed by atoms with Gasteiger partial charge in [-0.2, -0.15) is 13.2 Å². The Balaban J connectivity index is 2.53. The van der Waals surface area contributed by atoms with Crippen molar-refractivity contribution in [2.24, 2.45) is 0 Å². The van der Waals surface area contributed by atoms with E-state index in [-0.39, 0.29) is 30.2 Å². The SMILES string of the molecule is ONCc1c(C(F)(F)F)ccc2c1OCCO2. The van der Waals surface area contributed by atoms with Gasteiger partial charge >= 0.3 is 6.18 Å². The Morgan fingerprint density at radius 1 is 1.24 bits per heavy atom. The molecule has 1 heterocycles.